The van der Waals surface area contributed by atoms with Crippen LogP contribution in [0.15, 0.2) is 54.0 Å². The molecular weight excluding hydrogens is 496 g/mol. The highest BCUT2D eigenvalue weighted by atomic mass is 35.5. The molecule has 0 saturated carbocycles. The van der Waals surface area contributed by atoms with Crippen LogP contribution in [-0.4, -0.2) is 27.4 Å². The highest BCUT2D eigenvalue weighted by Gasteiger charge is 2.21. The van der Waals surface area contributed by atoms with Gasteiger partial charge in [-0.1, -0.05) is 22.8 Å². The highest BCUT2D eigenvalue weighted by molar-refractivity contribution is 6.29. The second-order valence-corrected chi connectivity index (χ2v) is 9.34. The van der Waals surface area contributed by atoms with Gasteiger partial charge in [-0.3, -0.25) is 19.3 Å². The average Bonchev–Trinajstić information content (AvgIpc) is 3.29. The number of H-pyrrole nitrogens is 1. The van der Waals surface area contributed by atoms with Crippen molar-refractivity contribution in [1.29, 1.82) is 0 Å². The molecule has 1 atom stereocenters. The molecule has 3 heterocycles. The molecule has 1 aromatic carbocycles. The van der Waals surface area contributed by atoms with E-state index in [1.165, 1.54) is 6.20 Å². The molecule has 0 fully saturated rings. The number of benzene rings is 1. The Hall–Kier alpha value is -4.18. The van der Waals surface area contributed by atoms with Gasteiger partial charge in [-0.25, -0.2) is 9.78 Å². The number of aryl methyl sites for hydroxylation is 1. The fourth-order valence-electron chi connectivity index (χ4n) is 3.95. The van der Waals surface area contributed by atoms with Crippen molar-refractivity contribution >= 4 is 40.0 Å². The van der Waals surface area contributed by atoms with Crippen LogP contribution in [0.5, 0.6) is 0 Å². The number of allylic oxidation sites excluding steroid dienone is 1. The number of pyridine rings is 1. The lowest BCUT2D eigenvalue weighted by Crippen LogP contribution is -2.14. The molecule has 4 N–H and O–H groups in total. The van der Waals surface area contributed by atoms with Gasteiger partial charge in [0.25, 0.3) is 0 Å². The number of anilines is 1. The Bertz CT molecular complexity index is 1650. The summed E-state index contributed by atoms with van der Waals surface area (Å²) >= 11 is 6.10. The largest absolute Gasteiger partial charge is 0.455 e. The third-order valence-corrected chi connectivity index (χ3v) is 5.92. The van der Waals surface area contributed by atoms with E-state index in [0.717, 1.165) is 11.1 Å². The Morgan fingerprint density at radius 2 is 1.97 bits per heavy atom. The van der Waals surface area contributed by atoms with E-state index in [1.807, 2.05) is 33.8 Å². The number of aromatic amines is 1. The first-order valence-electron chi connectivity index (χ1n) is 11.6. The summed E-state index contributed by atoms with van der Waals surface area (Å²) in [5.74, 6) is -0.228. The molecule has 11 heteroatoms. The SMILES string of the molecule is Cc1cc([C@@H](C)Nc2ccc(Cl)nc2-c2noc(=O)[nH]2)c2oc(C(C=NC(C)C)=CN)c(C)c(=O)c2c1. The summed E-state index contributed by atoms with van der Waals surface area (Å²) in [5, 5.41) is 7.77. The zero-order valence-electron chi connectivity index (χ0n) is 21.0. The third kappa shape index (κ3) is 5.34. The number of nitrogens with one attached hydrogen (secondary N) is 2. The standard InChI is InChI=1S/C26H27ClN6O4/c1-12(2)29-11-16(10-28)23-14(4)22(34)18-9-13(3)8-17(24(18)36-23)15(5)30-19-6-7-20(27)31-21(19)25-32-26(35)37-33-25/h6-12,15,30H,28H2,1-5H3,(H,32,33,35)/t15-/m1/s1. The van der Waals surface area contributed by atoms with Gasteiger partial charge in [0.1, 0.15) is 22.2 Å². The van der Waals surface area contributed by atoms with E-state index < -0.39 is 5.76 Å². The van der Waals surface area contributed by atoms with Gasteiger partial charge in [0, 0.05) is 29.6 Å². The van der Waals surface area contributed by atoms with Crippen molar-refractivity contribution in [3.8, 4) is 11.5 Å². The van der Waals surface area contributed by atoms with Crippen LogP contribution < -0.4 is 22.2 Å². The van der Waals surface area contributed by atoms with Crippen molar-refractivity contribution in [2.24, 2.45) is 10.7 Å². The minimum absolute atomic E-state index is 0.0479. The Kier molecular flexibility index (Phi) is 7.30. The first-order chi connectivity index (χ1) is 17.6. The first kappa shape index (κ1) is 25.9. The highest BCUT2D eigenvalue weighted by Crippen LogP contribution is 2.33. The molecule has 4 aromatic rings. The smallest absolute Gasteiger partial charge is 0.439 e. The van der Waals surface area contributed by atoms with Gasteiger partial charge in [-0.05, 0) is 58.4 Å². The van der Waals surface area contributed by atoms with Crippen LogP contribution >= 0.6 is 11.6 Å². The van der Waals surface area contributed by atoms with E-state index in [0.29, 0.717) is 39.2 Å². The molecule has 0 spiro atoms. The summed E-state index contributed by atoms with van der Waals surface area (Å²) in [5.41, 5.74) is 9.57. The van der Waals surface area contributed by atoms with Gasteiger partial charge in [0.05, 0.1) is 22.7 Å². The van der Waals surface area contributed by atoms with Crippen molar-refractivity contribution in [2.45, 2.75) is 46.7 Å². The van der Waals surface area contributed by atoms with Crippen LogP contribution in [0.1, 0.15) is 49.3 Å². The quantitative estimate of drug-likeness (QED) is 0.232. The fourth-order valence-corrected chi connectivity index (χ4v) is 4.09. The predicted molar refractivity (Wildman–Crippen MR) is 145 cm³/mol. The van der Waals surface area contributed by atoms with Crippen molar-refractivity contribution in [1.82, 2.24) is 15.1 Å². The molecule has 0 aliphatic carbocycles. The van der Waals surface area contributed by atoms with Crippen molar-refractivity contribution in [3.63, 3.8) is 0 Å². The van der Waals surface area contributed by atoms with Gasteiger partial charge >= 0.3 is 5.76 Å². The van der Waals surface area contributed by atoms with E-state index in [-0.39, 0.29) is 28.5 Å². The molecule has 0 radical (unpaired) electrons. The normalized spacial score (nSPS) is 13.1. The lowest BCUT2D eigenvalue weighted by atomic mass is 9.99. The summed E-state index contributed by atoms with van der Waals surface area (Å²) in [4.78, 5) is 36.1. The number of aromatic nitrogens is 3. The lowest BCUT2D eigenvalue weighted by Gasteiger charge is -2.20. The molecule has 0 aliphatic rings. The topological polar surface area (TPSA) is 152 Å². The van der Waals surface area contributed by atoms with Crippen LogP contribution in [-0.2, 0) is 0 Å². The zero-order valence-corrected chi connectivity index (χ0v) is 21.8. The average molecular weight is 523 g/mol. The zero-order chi connectivity index (χ0) is 26.9. The van der Waals surface area contributed by atoms with Gasteiger partial charge in [-0.15, -0.1) is 0 Å². The molecule has 37 heavy (non-hydrogen) atoms. The fraction of sp³-hybridized carbons (Fsp3) is 0.269. The summed E-state index contributed by atoms with van der Waals surface area (Å²) in [6, 6.07) is 6.76. The maximum Gasteiger partial charge on any atom is 0.439 e. The van der Waals surface area contributed by atoms with Crippen LogP contribution in [0.25, 0.3) is 28.1 Å². The molecule has 0 unspecified atom stereocenters. The number of hydrogen-bond donors (Lipinski definition) is 3. The monoisotopic (exact) mass is 522 g/mol. The summed E-state index contributed by atoms with van der Waals surface area (Å²) < 4.78 is 11.0. The van der Waals surface area contributed by atoms with E-state index in [1.54, 1.807) is 31.3 Å². The number of halogens is 1. The molecule has 4 rings (SSSR count). The molecular formula is C26H27ClN6O4. The molecule has 0 saturated heterocycles. The second-order valence-electron chi connectivity index (χ2n) is 8.95. The minimum Gasteiger partial charge on any atom is -0.455 e. The van der Waals surface area contributed by atoms with Crippen LogP contribution in [0.3, 0.4) is 0 Å². The van der Waals surface area contributed by atoms with Crippen molar-refractivity contribution in [3.05, 3.63) is 78.8 Å². The molecule has 0 aliphatic heterocycles. The number of nitrogens with two attached hydrogens (primary N) is 1. The van der Waals surface area contributed by atoms with E-state index in [4.69, 9.17) is 21.8 Å². The Labute approximate surface area is 217 Å². The van der Waals surface area contributed by atoms with Crippen LogP contribution in [0.2, 0.25) is 5.15 Å². The van der Waals surface area contributed by atoms with Gasteiger partial charge in [0.2, 0.25) is 5.82 Å². The predicted octanol–water partition coefficient (Wildman–Crippen LogP) is 4.75. The van der Waals surface area contributed by atoms with Crippen molar-refractivity contribution < 1.29 is 8.94 Å². The Morgan fingerprint density at radius 3 is 2.62 bits per heavy atom. The molecule has 0 amide bonds. The maximum absolute atomic E-state index is 13.4. The number of aliphatic imine (C=N–C) groups is 1. The first-order valence-corrected chi connectivity index (χ1v) is 12.0. The van der Waals surface area contributed by atoms with E-state index in [2.05, 4.69) is 30.0 Å². The second kappa shape index (κ2) is 10.4. The number of rotatable bonds is 7. The number of nitrogens with zero attached hydrogens (tertiary/aromatic N) is 3. The molecule has 3 aromatic heterocycles. The number of fused-ring (bicyclic) bond motifs is 1. The van der Waals surface area contributed by atoms with Gasteiger partial charge in [-0.2, -0.15) is 0 Å². The van der Waals surface area contributed by atoms with Gasteiger partial charge < -0.3 is 15.5 Å². The summed E-state index contributed by atoms with van der Waals surface area (Å²) in [7, 11) is 0. The third-order valence-electron chi connectivity index (χ3n) is 5.71. The minimum atomic E-state index is -0.713. The van der Waals surface area contributed by atoms with Crippen LogP contribution in [0.4, 0.5) is 5.69 Å². The molecule has 0 bridgehead atoms. The van der Waals surface area contributed by atoms with Gasteiger partial charge in [0.15, 0.2) is 5.43 Å². The summed E-state index contributed by atoms with van der Waals surface area (Å²) in [6.45, 7) is 9.42. The maximum atomic E-state index is 13.4. The Balaban J connectivity index is 1.85. The van der Waals surface area contributed by atoms with Crippen LogP contribution in [0, 0.1) is 13.8 Å². The van der Waals surface area contributed by atoms with Crippen molar-refractivity contribution in [2.75, 3.05) is 5.32 Å². The Morgan fingerprint density at radius 1 is 1.22 bits per heavy atom. The number of hydrogen-bond acceptors (Lipinski definition) is 9. The summed E-state index contributed by atoms with van der Waals surface area (Å²) in [6.07, 6.45) is 2.99. The van der Waals surface area contributed by atoms with E-state index in [9.17, 15) is 9.59 Å². The molecule has 10 nitrogen and oxygen atoms in total. The van der Waals surface area contributed by atoms with E-state index >= 15 is 0 Å². The molecule has 192 valence electrons. The lowest BCUT2D eigenvalue weighted by molar-refractivity contribution is 0.388.